The summed E-state index contributed by atoms with van der Waals surface area (Å²) in [6, 6.07) is 0. The van der Waals surface area contributed by atoms with Crippen LogP contribution in [0.1, 0.15) is 19.8 Å². The van der Waals surface area contributed by atoms with E-state index in [0.717, 1.165) is 24.3 Å². The predicted octanol–water partition coefficient (Wildman–Crippen LogP) is 2.27. The first-order valence-corrected chi connectivity index (χ1v) is 5.10. The molecule has 1 nitrogen and oxygen atoms in total. The Morgan fingerprint density at radius 3 is 3.00 bits per heavy atom. The molecule has 0 aromatic carbocycles. The molecule has 0 N–H and O–H groups in total. The molecule has 0 radical (unpaired) electrons. The molecule has 1 aliphatic rings. The van der Waals surface area contributed by atoms with Gasteiger partial charge in [0.15, 0.2) is 0 Å². The van der Waals surface area contributed by atoms with Gasteiger partial charge in [-0.3, -0.25) is 4.79 Å². The van der Waals surface area contributed by atoms with E-state index in [-0.39, 0.29) is 0 Å². The summed E-state index contributed by atoms with van der Waals surface area (Å²) in [6.45, 7) is 5.84. The Morgan fingerprint density at radius 1 is 1.82 bits per heavy atom. The maximum absolute atomic E-state index is 11.1. The highest BCUT2D eigenvalue weighted by Gasteiger charge is 2.23. The van der Waals surface area contributed by atoms with Crippen molar-refractivity contribution in [1.29, 1.82) is 0 Å². The van der Waals surface area contributed by atoms with E-state index in [1.54, 1.807) is 11.8 Å². The number of hydrogen-bond donors (Lipinski definition) is 0. The molecule has 0 spiro atoms. The number of carbonyl (C=O) groups excluding carboxylic acids is 1. The zero-order valence-electron chi connectivity index (χ0n) is 6.93. The van der Waals surface area contributed by atoms with E-state index in [4.69, 9.17) is 0 Å². The molecule has 1 unspecified atom stereocenters. The van der Waals surface area contributed by atoms with E-state index in [1.165, 1.54) is 5.57 Å². The van der Waals surface area contributed by atoms with E-state index >= 15 is 0 Å². The third-order valence-corrected chi connectivity index (χ3v) is 3.06. The lowest BCUT2D eigenvalue weighted by atomic mass is 9.99. The SMILES string of the molecule is C=C(C)CCC1CSCC1=O. The van der Waals surface area contributed by atoms with Crippen LogP contribution in [0.2, 0.25) is 0 Å². The Balaban J connectivity index is 2.26. The van der Waals surface area contributed by atoms with Gasteiger partial charge in [-0.15, -0.1) is 6.58 Å². The lowest BCUT2D eigenvalue weighted by Crippen LogP contribution is -2.10. The molecule has 1 aliphatic heterocycles. The van der Waals surface area contributed by atoms with Crippen LogP contribution in [0.4, 0.5) is 0 Å². The molecular formula is C9H14OS. The van der Waals surface area contributed by atoms with Crippen molar-refractivity contribution >= 4 is 17.5 Å². The predicted molar refractivity (Wildman–Crippen MR) is 49.9 cm³/mol. The molecule has 62 valence electrons. The van der Waals surface area contributed by atoms with E-state index in [2.05, 4.69) is 6.58 Å². The van der Waals surface area contributed by atoms with Gasteiger partial charge in [-0.05, 0) is 19.8 Å². The van der Waals surface area contributed by atoms with Crippen LogP contribution in [0.3, 0.4) is 0 Å². The van der Waals surface area contributed by atoms with Gasteiger partial charge < -0.3 is 0 Å². The van der Waals surface area contributed by atoms with E-state index in [0.29, 0.717) is 11.7 Å². The van der Waals surface area contributed by atoms with Crippen LogP contribution < -0.4 is 0 Å². The molecule has 1 saturated heterocycles. The van der Waals surface area contributed by atoms with Crippen LogP contribution in [-0.2, 0) is 4.79 Å². The first-order valence-electron chi connectivity index (χ1n) is 3.95. The highest BCUT2D eigenvalue weighted by atomic mass is 32.2. The van der Waals surface area contributed by atoms with Crippen LogP contribution in [0.25, 0.3) is 0 Å². The number of allylic oxidation sites excluding steroid dienone is 1. The van der Waals surface area contributed by atoms with Crippen LogP contribution in [0.5, 0.6) is 0 Å². The van der Waals surface area contributed by atoms with Crippen molar-refractivity contribution in [2.45, 2.75) is 19.8 Å². The van der Waals surface area contributed by atoms with Crippen molar-refractivity contribution in [1.82, 2.24) is 0 Å². The molecule has 0 bridgehead atoms. The second kappa shape index (κ2) is 3.96. The minimum absolute atomic E-state index is 0.330. The van der Waals surface area contributed by atoms with Crippen molar-refractivity contribution in [2.75, 3.05) is 11.5 Å². The molecule has 0 aromatic heterocycles. The molecule has 0 aromatic rings. The second-order valence-corrected chi connectivity index (χ2v) is 4.20. The summed E-state index contributed by atoms with van der Waals surface area (Å²) in [4.78, 5) is 11.1. The highest BCUT2D eigenvalue weighted by Crippen LogP contribution is 2.25. The fourth-order valence-corrected chi connectivity index (χ4v) is 2.37. The molecule has 1 heterocycles. The smallest absolute Gasteiger partial charge is 0.146 e. The fourth-order valence-electron chi connectivity index (χ4n) is 1.18. The normalized spacial score (nSPS) is 24.1. The lowest BCUT2D eigenvalue weighted by Gasteiger charge is -2.05. The average Bonchev–Trinajstić information content (AvgIpc) is 2.31. The third-order valence-electron chi connectivity index (χ3n) is 1.94. The van der Waals surface area contributed by atoms with Crippen molar-refractivity contribution < 1.29 is 4.79 Å². The van der Waals surface area contributed by atoms with Gasteiger partial charge in [0.05, 0.1) is 5.75 Å². The quantitative estimate of drug-likeness (QED) is 0.604. The summed E-state index contributed by atoms with van der Waals surface area (Å²) in [5.41, 5.74) is 1.19. The zero-order chi connectivity index (χ0) is 8.27. The summed E-state index contributed by atoms with van der Waals surface area (Å²) < 4.78 is 0. The standard InChI is InChI=1S/C9H14OS/c1-7(2)3-4-8-5-11-6-9(8)10/h8H,1,3-6H2,2H3. The van der Waals surface area contributed by atoms with Gasteiger partial charge in [-0.25, -0.2) is 0 Å². The number of hydrogen-bond acceptors (Lipinski definition) is 2. The van der Waals surface area contributed by atoms with Crippen molar-refractivity contribution in [3.05, 3.63) is 12.2 Å². The Kier molecular flexibility index (Phi) is 3.18. The van der Waals surface area contributed by atoms with Gasteiger partial charge in [0.25, 0.3) is 0 Å². The van der Waals surface area contributed by atoms with Crippen LogP contribution >= 0.6 is 11.8 Å². The largest absolute Gasteiger partial charge is 0.298 e. The minimum Gasteiger partial charge on any atom is -0.298 e. The van der Waals surface area contributed by atoms with Crippen LogP contribution in [-0.4, -0.2) is 17.3 Å². The maximum Gasteiger partial charge on any atom is 0.146 e. The van der Waals surface area contributed by atoms with Gasteiger partial charge in [0, 0.05) is 11.7 Å². The Morgan fingerprint density at radius 2 is 2.55 bits per heavy atom. The van der Waals surface area contributed by atoms with Gasteiger partial charge in [0.1, 0.15) is 5.78 Å². The van der Waals surface area contributed by atoms with E-state index < -0.39 is 0 Å². The van der Waals surface area contributed by atoms with Crippen molar-refractivity contribution in [3.63, 3.8) is 0 Å². The third kappa shape index (κ3) is 2.70. The topological polar surface area (TPSA) is 17.1 Å². The average molecular weight is 170 g/mol. The Bertz CT molecular complexity index is 174. The number of ketones is 1. The number of rotatable bonds is 3. The molecule has 2 heteroatoms. The zero-order valence-corrected chi connectivity index (χ0v) is 7.75. The van der Waals surface area contributed by atoms with Crippen LogP contribution in [0.15, 0.2) is 12.2 Å². The molecule has 0 saturated carbocycles. The number of carbonyl (C=O) groups is 1. The van der Waals surface area contributed by atoms with Gasteiger partial charge >= 0.3 is 0 Å². The summed E-state index contributed by atoms with van der Waals surface area (Å²) >= 11 is 1.76. The van der Waals surface area contributed by atoms with Crippen LogP contribution in [0, 0.1) is 5.92 Å². The number of Topliss-reactive ketones (excluding diaryl/α,β-unsaturated/α-hetero) is 1. The summed E-state index contributed by atoms with van der Waals surface area (Å²) in [7, 11) is 0. The lowest BCUT2D eigenvalue weighted by molar-refractivity contribution is -0.119. The molecule has 1 atom stereocenters. The monoisotopic (exact) mass is 170 g/mol. The molecule has 11 heavy (non-hydrogen) atoms. The number of thioether (sulfide) groups is 1. The van der Waals surface area contributed by atoms with E-state index in [9.17, 15) is 4.79 Å². The highest BCUT2D eigenvalue weighted by molar-refractivity contribution is 8.00. The summed E-state index contributed by atoms with van der Waals surface area (Å²) in [5, 5.41) is 0. The molecule has 1 rings (SSSR count). The molecule has 0 amide bonds. The van der Waals surface area contributed by atoms with E-state index in [1.807, 2.05) is 6.92 Å². The molecular weight excluding hydrogens is 156 g/mol. The van der Waals surface area contributed by atoms with Gasteiger partial charge in [-0.1, -0.05) is 5.57 Å². The minimum atomic E-state index is 0.330. The summed E-state index contributed by atoms with van der Waals surface area (Å²) in [5.74, 6) is 2.54. The van der Waals surface area contributed by atoms with Gasteiger partial charge in [0.2, 0.25) is 0 Å². The molecule has 1 fully saturated rings. The second-order valence-electron chi connectivity index (χ2n) is 3.17. The fraction of sp³-hybridized carbons (Fsp3) is 0.667. The maximum atomic E-state index is 11.1. The first-order chi connectivity index (χ1) is 5.20. The van der Waals surface area contributed by atoms with Crippen molar-refractivity contribution in [3.8, 4) is 0 Å². The summed E-state index contributed by atoms with van der Waals surface area (Å²) in [6.07, 6.45) is 2.03. The molecule has 0 aliphatic carbocycles. The Labute approximate surface area is 72.2 Å². The first kappa shape index (κ1) is 8.85. The Hall–Kier alpha value is -0.240. The van der Waals surface area contributed by atoms with Gasteiger partial charge in [-0.2, -0.15) is 11.8 Å². The van der Waals surface area contributed by atoms with Crippen molar-refractivity contribution in [2.24, 2.45) is 5.92 Å².